The summed E-state index contributed by atoms with van der Waals surface area (Å²) < 4.78 is 16.8. The fraction of sp³-hybridized carbons (Fsp3) is 0.939. The van der Waals surface area contributed by atoms with Gasteiger partial charge in [0.05, 0.1) is 0 Å². The Morgan fingerprint density at radius 2 is 0.491 bits per heavy atom. The summed E-state index contributed by atoms with van der Waals surface area (Å²) in [5.41, 5.74) is 0. The Kier molecular flexibility index (Phi) is 43.8. The topological polar surface area (TPSA) is 78.9 Å². The summed E-state index contributed by atoms with van der Waals surface area (Å²) >= 11 is 0. The van der Waals surface area contributed by atoms with Gasteiger partial charge in [0, 0.05) is 19.3 Å². The van der Waals surface area contributed by atoms with Crippen molar-refractivity contribution in [1.82, 2.24) is 0 Å². The summed E-state index contributed by atoms with van der Waals surface area (Å²) in [4.78, 5) is 37.8. The predicted octanol–water partition coefficient (Wildman–Crippen LogP) is 15.6. The minimum Gasteiger partial charge on any atom is -0.462 e. The van der Waals surface area contributed by atoms with Crippen LogP contribution < -0.4 is 0 Å². The maximum absolute atomic E-state index is 12.7. The van der Waals surface area contributed by atoms with E-state index in [9.17, 15) is 14.4 Å². The number of hydrogen-bond acceptors (Lipinski definition) is 6. The van der Waals surface area contributed by atoms with Crippen LogP contribution in [0.15, 0.2) is 0 Å². The molecule has 326 valence electrons. The van der Waals surface area contributed by atoms with Crippen LogP contribution in [0.1, 0.15) is 278 Å². The van der Waals surface area contributed by atoms with Crippen molar-refractivity contribution in [3.8, 4) is 0 Å². The summed E-state index contributed by atoms with van der Waals surface area (Å²) in [6, 6.07) is 0. The lowest BCUT2D eigenvalue weighted by molar-refractivity contribution is -0.167. The maximum Gasteiger partial charge on any atom is 0.306 e. The van der Waals surface area contributed by atoms with Crippen LogP contribution in [0.3, 0.4) is 0 Å². The molecule has 0 aliphatic rings. The molecule has 1 atom stereocenters. The summed E-state index contributed by atoms with van der Waals surface area (Å²) in [6.07, 6.45) is 46.5. The van der Waals surface area contributed by atoms with Gasteiger partial charge in [-0.15, -0.1) is 0 Å². The number of rotatable bonds is 45. The van der Waals surface area contributed by atoms with Gasteiger partial charge in [0.25, 0.3) is 0 Å². The third-order valence-electron chi connectivity index (χ3n) is 11.1. The highest BCUT2D eigenvalue weighted by Gasteiger charge is 2.19. The number of carbonyl (C=O) groups is 3. The number of esters is 3. The van der Waals surface area contributed by atoms with E-state index >= 15 is 0 Å². The van der Waals surface area contributed by atoms with Crippen molar-refractivity contribution >= 4 is 17.9 Å². The van der Waals surface area contributed by atoms with Gasteiger partial charge in [-0.25, -0.2) is 0 Å². The first-order valence-corrected chi connectivity index (χ1v) is 24.5. The zero-order valence-corrected chi connectivity index (χ0v) is 37.2. The van der Waals surface area contributed by atoms with Gasteiger partial charge in [-0.05, 0) is 19.3 Å². The van der Waals surface area contributed by atoms with E-state index in [-0.39, 0.29) is 31.1 Å². The first-order chi connectivity index (χ1) is 27.0. The zero-order chi connectivity index (χ0) is 40.1. The SMILES string of the molecule is CCCCCCCCCCCCCCCCC(=O)OC[C@@H](COC(=O)CCCCCCCCCCCC)OC(=O)CCCCCCCCCCCCCCC. The molecule has 0 aliphatic heterocycles. The summed E-state index contributed by atoms with van der Waals surface area (Å²) in [5.74, 6) is -0.846. The molecule has 0 fully saturated rings. The molecule has 0 aromatic heterocycles. The highest BCUT2D eigenvalue weighted by molar-refractivity contribution is 5.71. The minimum atomic E-state index is -0.758. The third kappa shape index (κ3) is 43.4. The normalized spacial score (nSPS) is 11.8. The molecule has 0 amide bonds. The van der Waals surface area contributed by atoms with E-state index in [0.717, 1.165) is 57.8 Å². The van der Waals surface area contributed by atoms with Crippen LogP contribution in [0.25, 0.3) is 0 Å². The smallest absolute Gasteiger partial charge is 0.306 e. The summed E-state index contributed by atoms with van der Waals surface area (Å²) in [7, 11) is 0. The van der Waals surface area contributed by atoms with E-state index in [1.54, 1.807) is 0 Å². The fourth-order valence-electron chi connectivity index (χ4n) is 7.38. The number of ether oxygens (including phenoxy) is 3. The zero-order valence-electron chi connectivity index (χ0n) is 37.2. The Morgan fingerprint density at radius 3 is 0.727 bits per heavy atom. The minimum absolute atomic E-state index is 0.0622. The standard InChI is InChI=1S/C49H94O6/c1-4-7-10-13-16-19-22-24-26-27-30-33-36-39-42-48(51)54-45-46(44-53-47(50)41-38-35-32-29-21-18-15-12-9-6-3)55-49(52)43-40-37-34-31-28-25-23-20-17-14-11-8-5-2/h46H,4-45H2,1-3H3/t46-/m1/s1. The summed E-state index contributed by atoms with van der Waals surface area (Å²) in [6.45, 7) is 6.66. The van der Waals surface area contributed by atoms with E-state index in [4.69, 9.17) is 14.2 Å². The molecule has 0 saturated carbocycles. The Labute approximate surface area is 342 Å². The fourth-order valence-corrected chi connectivity index (χ4v) is 7.38. The lowest BCUT2D eigenvalue weighted by atomic mass is 10.0. The second-order valence-corrected chi connectivity index (χ2v) is 16.7. The van der Waals surface area contributed by atoms with Crippen LogP contribution >= 0.6 is 0 Å². The second-order valence-electron chi connectivity index (χ2n) is 16.7. The van der Waals surface area contributed by atoms with Gasteiger partial charge in [0.15, 0.2) is 6.10 Å². The first kappa shape index (κ1) is 53.4. The average Bonchev–Trinajstić information content (AvgIpc) is 3.18. The maximum atomic E-state index is 12.7. The van der Waals surface area contributed by atoms with Gasteiger partial charge in [0.2, 0.25) is 0 Å². The first-order valence-electron chi connectivity index (χ1n) is 24.5. The largest absolute Gasteiger partial charge is 0.462 e. The molecular weight excluding hydrogens is 685 g/mol. The van der Waals surface area contributed by atoms with Crippen molar-refractivity contribution in [1.29, 1.82) is 0 Å². The van der Waals surface area contributed by atoms with E-state index in [0.29, 0.717) is 19.3 Å². The van der Waals surface area contributed by atoms with Crippen LogP contribution in [0.4, 0.5) is 0 Å². The number of unbranched alkanes of at least 4 members (excludes halogenated alkanes) is 34. The van der Waals surface area contributed by atoms with Gasteiger partial charge >= 0.3 is 17.9 Å². The van der Waals surface area contributed by atoms with Gasteiger partial charge < -0.3 is 14.2 Å². The van der Waals surface area contributed by atoms with Crippen molar-refractivity contribution in [2.24, 2.45) is 0 Å². The van der Waals surface area contributed by atoms with Crippen molar-refractivity contribution in [3.63, 3.8) is 0 Å². The van der Waals surface area contributed by atoms with E-state index < -0.39 is 6.10 Å². The van der Waals surface area contributed by atoms with Crippen LogP contribution in [0.2, 0.25) is 0 Å². The molecule has 0 aromatic rings. The molecule has 0 rings (SSSR count). The van der Waals surface area contributed by atoms with Gasteiger partial charge in [-0.1, -0.05) is 239 Å². The monoisotopic (exact) mass is 779 g/mol. The van der Waals surface area contributed by atoms with Crippen LogP contribution in [0.5, 0.6) is 0 Å². The molecule has 0 radical (unpaired) electrons. The Morgan fingerprint density at radius 1 is 0.291 bits per heavy atom. The number of hydrogen-bond donors (Lipinski definition) is 0. The van der Waals surface area contributed by atoms with E-state index in [1.165, 1.54) is 180 Å². The molecule has 0 bridgehead atoms. The predicted molar refractivity (Wildman–Crippen MR) is 233 cm³/mol. The Bertz CT molecular complexity index is 813. The van der Waals surface area contributed by atoms with Crippen LogP contribution in [-0.2, 0) is 28.6 Å². The molecule has 0 aliphatic carbocycles. The van der Waals surface area contributed by atoms with Crippen molar-refractivity contribution in [3.05, 3.63) is 0 Å². The van der Waals surface area contributed by atoms with E-state index in [2.05, 4.69) is 20.8 Å². The molecule has 0 unspecified atom stereocenters. The Hall–Kier alpha value is -1.59. The Balaban J connectivity index is 4.30. The van der Waals surface area contributed by atoms with Crippen molar-refractivity contribution in [2.45, 2.75) is 284 Å². The quantitative estimate of drug-likeness (QED) is 0.0348. The molecule has 55 heavy (non-hydrogen) atoms. The lowest BCUT2D eigenvalue weighted by Crippen LogP contribution is -2.30. The molecule has 6 heteroatoms. The molecular formula is C49H94O6. The van der Waals surface area contributed by atoms with Gasteiger partial charge in [-0.2, -0.15) is 0 Å². The lowest BCUT2D eigenvalue weighted by Gasteiger charge is -2.18. The third-order valence-corrected chi connectivity index (χ3v) is 11.1. The van der Waals surface area contributed by atoms with Crippen molar-refractivity contribution in [2.75, 3.05) is 13.2 Å². The van der Waals surface area contributed by atoms with Crippen molar-refractivity contribution < 1.29 is 28.6 Å². The highest BCUT2D eigenvalue weighted by atomic mass is 16.6. The highest BCUT2D eigenvalue weighted by Crippen LogP contribution is 2.16. The molecule has 0 N–H and O–H groups in total. The van der Waals surface area contributed by atoms with Gasteiger partial charge in [-0.3, -0.25) is 14.4 Å². The summed E-state index contributed by atoms with van der Waals surface area (Å²) in [5, 5.41) is 0. The second kappa shape index (κ2) is 45.1. The molecule has 0 spiro atoms. The van der Waals surface area contributed by atoms with Crippen LogP contribution in [0, 0.1) is 0 Å². The molecule has 0 heterocycles. The van der Waals surface area contributed by atoms with E-state index in [1.807, 2.05) is 0 Å². The molecule has 0 saturated heterocycles. The molecule has 0 aromatic carbocycles. The number of carbonyl (C=O) groups excluding carboxylic acids is 3. The molecule has 6 nitrogen and oxygen atoms in total. The van der Waals surface area contributed by atoms with Gasteiger partial charge in [0.1, 0.15) is 13.2 Å². The average molecular weight is 779 g/mol. The van der Waals surface area contributed by atoms with Crippen LogP contribution in [-0.4, -0.2) is 37.2 Å².